The lowest BCUT2D eigenvalue weighted by molar-refractivity contribution is 0.0563. The summed E-state index contributed by atoms with van der Waals surface area (Å²) in [4.78, 5) is 0. The van der Waals surface area contributed by atoms with Crippen LogP contribution < -0.4 is 5.32 Å². The first-order valence-electron chi connectivity index (χ1n) is 7.77. The Morgan fingerprint density at radius 3 is 2.19 bits per heavy atom. The summed E-state index contributed by atoms with van der Waals surface area (Å²) in [5, 5.41) is 6.26. The number of nitrogens with zero attached hydrogens (tertiary/aromatic N) is 2. The second-order valence-corrected chi connectivity index (χ2v) is 5.78. The van der Waals surface area contributed by atoms with Crippen molar-refractivity contribution in [3.8, 4) is 11.1 Å². The number of halogens is 6. The van der Waals surface area contributed by atoms with Crippen LogP contribution in [0.1, 0.15) is 17.8 Å². The van der Waals surface area contributed by atoms with Gasteiger partial charge in [0.1, 0.15) is 23.3 Å². The van der Waals surface area contributed by atoms with Crippen LogP contribution in [0.2, 0.25) is 0 Å². The predicted octanol–water partition coefficient (Wildman–Crippen LogP) is 5.42. The van der Waals surface area contributed by atoms with Gasteiger partial charge in [0, 0.05) is 47.3 Å². The number of hydrogen-bond acceptors (Lipinski definition) is 2. The molecule has 0 bridgehead atoms. The molecule has 0 radical (unpaired) electrons. The van der Waals surface area contributed by atoms with E-state index in [9.17, 15) is 26.3 Å². The van der Waals surface area contributed by atoms with Gasteiger partial charge in [-0.1, -0.05) is 0 Å². The van der Waals surface area contributed by atoms with E-state index in [4.69, 9.17) is 0 Å². The highest BCUT2D eigenvalue weighted by atomic mass is 19.3. The maximum atomic E-state index is 14.4. The van der Waals surface area contributed by atoms with E-state index < -0.39 is 35.4 Å². The number of alkyl halides is 2. The molecule has 0 aliphatic rings. The Morgan fingerprint density at radius 1 is 0.963 bits per heavy atom. The highest BCUT2D eigenvalue weighted by Gasteiger charge is 2.16. The third kappa shape index (κ3) is 3.91. The summed E-state index contributed by atoms with van der Waals surface area (Å²) < 4.78 is 80.4. The summed E-state index contributed by atoms with van der Waals surface area (Å²) in [5.74, 6) is -3.89. The lowest BCUT2D eigenvalue weighted by Crippen LogP contribution is -2.05. The van der Waals surface area contributed by atoms with Crippen molar-refractivity contribution in [1.29, 1.82) is 0 Å². The van der Waals surface area contributed by atoms with E-state index in [0.29, 0.717) is 16.8 Å². The van der Waals surface area contributed by atoms with Crippen molar-refractivity contribution < 1.29 is 26.3 Å². The van der Waals surface area contributed by atoms with Crippen molar-refractivity contribution in [2.24, 2.45) is 0 Å². The first-order valence-corrected chi connectivity index (χ1v) is 7.77. The van der Waals surface area contributed by atoms with E-state index in [1.54, 1.807) is 0 Å². The third-order valence-electron chi connectivity index (χ3n) is 3.95. The standard InChI is InChI=1S/C18H13F6N3/c1-9-14(8-27(26-9)18(23)24)12-3-2-11(6-17(12)22)25-7-13-15(20)4-10(19)5-16(13)21/h2-6,8,18,25H,7H2,1H3. The minimum atomic E-state index is -2.85. The van der Waals surface area contributed by atoms with E-state index in [0.717, 1.165) is 12.3 Å². The minimum Gasteiger partial charge on any atom is -0.381 e. The zero-order valence-corrected chi connectivity index (χ0v) is 13.9. The molecule has 0 fully saturated rings. The van der Waals surface area contributed by atoms with E-state index in [-0.39, 0.29) is 29.1 Å². The zero-order valence-electron chi connectivity index (χ0n) is 13.9. The van der Waals surface area contributed by atoms with Crippen LogP contribution in [0, 0.1) is 30.2 Å². The molecule has 3 nitrogen and oxygen atoms in total. The zero-order chi connectivity index (χ0) is 19.7. The molecule has 142 valence electrons. The Labute approximate surface area is 150 Å². The Balaban J connectivity index is 1.82. The molecule has 0 unspecified atom stereocenters. The quantitative estimate of drug-likeness (QED) is 0.594. The van der Waals surface area contributed by atoms with E-state index in [2.05, 4.69) is 10.4 Å². The number of rotatable bonds is 5. The van der Waals surface area contributed by atoms with E-state index in [1.807, 2.05) is 0 Å². The van der Waals surface area contributed by atoms with Gasteiger partial charge in [0.25, 0.3) is 0 Å². The molecule has 2 aromatic carbocycles. The molecule has 3 rings (SSSR count). The van der Waals surface area contributed by atoms with Crippen molar-refractivity contribution in [3.63, 3.8) is 0 Å². The average Bonchev–Trinajstić information content (AvgIpc) is 2.96. The largest absolute Gasteiger partial charge is 0.381 e. The molecular weight excluding hydrogens is 372 g/mol. The fourth-order valence-electron chi connectivity index (χ4n) is 2.62. The molecule has 0 saturated heterocycles. The van der Waals surface area contributed by atoms with Gasteiger partial charge in [-0.3, -0.25) is 0 Å². The van der Waals surface area contributed by atoms with Crippen molar-refractivity contribution in [2.45, 2.75) is 20.0 Å². The molecular formula is C18H13F6N3. The molecule has 27 heavy (non-hydrogen) atoms. The van der Waals surface area contributed by atoms with Crippen LogP contribution in [-0.4, -0.2) is 9.78 Å². The van der Waals surface area contributed by atoms with E-state index >= 15 is 0 Å². The molecule has 1 heterocycles. The van der Waals surface area contributed by atoms with Gasteiger partial charge in [-0.15, -0.1) is 0 Å². The molecule has 0 aliphatic heterocycles. The number of hydrogen-bond donors (Lipinski definition) is 1. The molecule has 0 amide bonds. The molecule has 0 saturated carbocycles. The van der Waals surface area contributed by atoms with Gasteiger partial charge in [-0.2, -0.15) is 13.9 Å². The summed E-state index contributed by atoms with van der Waals surface area (Å²) in [7, 11) is 0. The lowest BCUT2D eigenvalue weighted by atomic mass is 10.1. The third-order valence-corrected chi connectivity index (χ3v) is 3.95. The van der Waals surface area contributed by atoms with Crippen LogP contribution in [0.15, 0.2) is 36.5 Å². The SMILES string of the molecule is Cc1nn(C(F)F)cc1-c1ccc(NCc2c(F)cc(F)cc2F)cc1F. The highest BCUT2D eigenvalue weighted by molar-refractivity contribution is 5.68. The van der Waals surface area contributed by atoms with Crippen LogP contribution in [0.4, 0.5) is 32.0 Å². The highest BCUT2D eigenvalue weighted by Crippen LogP contribution is 2.29. The Bertz CT molecular complexity index is 960. The van der Waals surface area contributed by atoms with Crippen LogP contribution >= 0.6 is 0 Å². The van der Waals surface area contributed by atoms with Crippen LogP contribution in [0.25, 0.3) is 11.1 Å². The normalized spacial score (nSPS) is 11.3. The van der Waals surface area contributed by atoms with Gasteiger partial charge in [-0.05, 0) is 25.1 Å². The summed E-state index contributed by atoms with van der Waals surface area (Å²) in [6, 6.07) is 4.93. The number of anilines is 1. The number of benzene rings is 2. The van der Waals surface area contributed by atoms with Crippen molar-refractivity contribution >= 4 is 5.69 Å². The second kappa shape index (κ2) is 7.34. The molecule has 0 atom stereocenters. The topological polar surface area (TPSA) is 29.9 Å². The minimum absolute atomic E-state index is 0.0593. The Hall–Kier alpha value is -2.97. The fourth-order valence-corrected chi connectivity index (χ4v) is 2.62. The first kappa shape index (κ1) is 18.8. The van der Waals surface area contributed by atoms with Crippen molar-refractivity contribution in [2.75, 3.05) is 5.32 Å². The molecule has 1 aromatic heterocycles. The fraction of sp³-hybridized carbons (Fsp3) is 0.167. The number of nitrogens with one attached hydrogen (secondary N) is 1. The Kier molecular flexibility index (Phi) is 5.11. The Morgan fingerprint density at radius 2 is 1.63 bits per heavy atom. The molecule has 9 heteroatoms. The average molecular weight is 385 g/mol. The molecule has 1 N–H and O–H groups in total. The maximum absolute atomic E-state index is 14.4. The van der Waals surface area contributed by atoms with E-state index in [1.165, 1.54) is 19.1 Å². The van der Waals surface area contributed by atoms with Gasteiger partial charge < -0.3 is 5.32 Å². The second-order valence-electron chi connectivity index (χ2n) is 5.78. The van der Waals surface area contributed by atoms with Crippen molar-refractivity contribution in [3.05, 3.63) is 71.1 Å². The van der Waals surface area contributed by atoms with Gasteiger partial charge >= 0.3 is 6.55 Å². The summed E-state index contributed by atoms with van der Waals surface area (Å²) in [6.07, 6.45) is 1.04. The summed E-state index contributed by atoms with van der Waals surface area (Å²) in [5.41, 5.74) is 0.303. The maximum Gasteiger partial charge on any atom is 0.333 e. The molecule has 0 aliphatic carbocycles. The number of aromatic nitrogens is 2. The predicted molar refractivity (Wildman–Crippen MR) is 87.3 cm³/mol. The smallest absolute Gasteiger partial charge is 0.333 e. The van der Waals surface area contributed by atoms with Gasteiger partial charge in [0.2, 0.25) is 0 Å². The summed E-state index contributed by atoms with van der Waals surface area (Å²) in [6.45, 7) is -1.71. The van der Waals surface area contributed by atoms with Crippen LogP contribution in [0.5, 0.6) is 0 Å². The van der Waals surface area contributed by atoms with Crippen LogP contribution in [-0.2, 0) is 6.54 Å². The molecule has 3 aromatic rings. The van der Waals surface area contributed by atoms with Gasteiger partial charge in [0.05, 0.1) is 5.69 Å². The monoisotopic (exact) mass is 385 g/mol. The van der Waals surface area contributed by atoms with Crippen molar-refractivity contribution in [1.82, 2.24) is 9.78 Å². The first-order chi connectivity index (χ1) is 12.8. The van der Waals surface area contributed by atoms with Crippen LogP contribution in [0.3, 0.4) is 0 Å². The van der Waals surface area contributed by atoms with Gasteiger partial charge in [-0.25, -0.2) is 22.2 Å². The lowest BCUT2D eigenvalue weighted by Gasteiger charge is -2.10. The molecule has 0 spiro atoms. The summed E-state index contributed by atoms with van der Waals surface area (Å²) >= 11 is 0. The van der Waals surface area contributed by atoms with Gasteiger partial charge in [0.15, 0.2) is 0 Å². The number of aryl methyl sites for hydroxylation is 1.